The number of fused-ring (bicyclic) bond motifs is 2. The number of hydrogen-bond donors (Lipinski definition) is 1. The minimum atomic E-state index is -0.0371. The van der Waals surface area contributed by atoms with Crippen LogP contribution >= 0.6 is 11.3 Å². The molecule has 104 valence electrons. The third-order valence-electron chi connectivity index (χ3n) is 3.83. The second kappa shape index (κ2) is 4.98. The molecule has 0 fully saturated rings. The van der Waals surface area contributed by atoms with E-state index < -0.39 is 0 Å². The van der Waals surface area contributed by atoms with Crippen LogP contribution in [0.3, 0.4) is 0 Å². The van der Waals surface area contributed by atoms with Gasteiger partial charge in [-0.2, -0.15) is 0 Å². The van der Waals surface area contributed by atoms with Crippen LogP contribution in [0.5, 0.6) is 0 Å². The van der Waals surface area contributed by atoms with Gasteiger partial charge in [0, 0.05) is 17.3 Å². The van der Waals surface area contributed by atoms with E-state index in [1.165, 1.54) is 15.6 Å². The van der Waals surface area contributed by atoms with Gasteiger partial charge in [-0.05, 0) is 34.5 Å². The van der Waals surface area contributed by atoms with Gasteiger partial charge in [-0.1, -0.05) is 30.3 Å². The molecule has 2 N–H and O–H groups in total. The molecule has 1 atom stereocenters. The SMILES string of the molecule is NC(Cn1cnc2ccccc21)c1cccc2ccsc12. The van der Waals surface area contributed by atoms with Crippen LogP contribution in [0.15, 0.2) is 60.2 Å². The first-order chi connectivity index (χ1) is 10.3. The van der Waals surface area contributed by atoms with Gasteiger partial charge < -0.3 is 10.3 Å². The topological polar surface area (TPSA) is 43.8 Å². The Hall–Kier alpha value is -2.17. The maximum Gasteiger partial charge on any atom is 0.0958 e. The molecule has 0 saturated carbocycles. The van der Waals surface area contributed by atoms with E-state index in [4.69, 9.17) is 5.73 Å². The molecule has 0 aliphatic rings. The second-order valence-electron chi connectivity index (χ2n) is 5.18. The molecule has 0 amide bonds. The van der Waals surface area contributed by atoms with Gasteiger partial charge in [0.2, 0.25) is 0 Å². The molecule has 4 rings (SSSR count). The van der Waals surface area contributed by atoms with E-state index in [2.05, 4.69) is 45.3 Å². The van der Waals surface area contributed by atoms with Gasteiger partial charge in [0.25, 0.3) is 0 Å². The summed E-state index contributed by atoms with van der Waals surface area (Å²) in [5, 5.41) is 3.39. The smallest absolute Gasteiger partial charge is 0.0958 e. The van der Waals surface area contributed by atoms with E-state index in [9.17, 15) is 0 Å². The van der Waals surface area contributed by atoms with E-state index in [1.54, 1.807) is 11.3 Å². The predicted octanol–water partition coefficient (Wildman–Crippen LogP) is 3.95. The van der Waals surface area contributed by atoms with E-state index in [-0.39, 0.29) is 6.04 Å². The zero-order valence-corrected chi connectivity index (χ0v) is 12.3. The molecular weight excluding hydrogens is 278 g/mol. The summed E-state index contributed by atoms with van der Waals surface area (Å²) in [5.74, 6) is 0. The average molecular weight is 293 g/mol. The number of hydrogen-bond acceptors (Lipinski definition) is 3. The third kappa shape index (κ3) is 2.13. The highest BCUT2D eigenvalue weighted by Crippen LogP contribution is 2.29. The fraction of sp³-hybridized carbons (Fsp3) is 0.118. The maximum atomic E-state index is 6.46. The first-order valence-electron chi connectivity index (χ1n) is 6.94. The fourth-order valence-electron chi connectivity index (χ4n) is 2.77. The van der Waals surface area contributed by atoms with Crippen molar-refractivity contribution in [3.63, 3.8) is 0 Å². The first kappa shape index (κ1) is 12.6. The molecule has 3 nitrogen and oxygen atoms in total. The number of imidazole rings is 1. The Balaban J connectivity index is 1.72. The molecule has 2 aromatic heterocycles. The Kier molecular flexibility index (Phi) is 2.98. The summed E-state index contributed by atoms with van der Waals surface area (Å²) in [6.07, 6.45) is 1.87. The third-order valence-corrected chi connectivity index (χ3v) is 4.81. The van der Waals surface area contributed by atoms with Gasteiger partial charge in [-0.3, -0.25) is 0 Å². The lowest BCUT2D eigenvalue weighted by atomic mass is 10.1. The van der Waals surface area contributed by atoms with Crippen molar-refractivity contribution in [3.8, 4) is 0 Å². The summed E-state index contributed by atoms with van der Waals surface area (Å²) in [5.41, 5.74) is 9.81. The van der Waals surface area contributed by atoms with Crippen molar-refractivity contribution in [1.82, 2.24) is 9.55 Å². The lowest BCUT2D eigenvalue weighted by molar-refractivity contribution is 0.592. The lowest BCUT2D eigenvalue weighted by Gasteiger charge is -2.14. The van der Waals surface area contributed by atoms with Crippen molar-refractivity contribution in [2.75, 3.05) is 0 Å². The van der Waals surface area contributed by atoms with Crippen molar-refractivity contribution < 1.29 is 0 Å². The number of thiophene rings is 1. The zero-order chi connectivity index (χ0) is 14.2. The van der Waals surface area contributed by atoms with Crippen molar-refractivity contribution in [2.24, 2.45) is 5.73 Å². The van der Waals surface area contributed by atoms with Crippen LogP contribution in [-0.4, -0.2) is 9.55 Å². The van der Waals surface area contributed by atoms with Gasteiger partial charge in [0.05, 0.1) is 17.4 Å². The van der Waals surface area contributed by atoms with E-state index in [0.717, 1.165) is 17.6 Å². The molecule has 0 spiro atoms. The molecular formula is C17H15N3S. The minimum absolute atomic E-state index is 0.0371. The fourth-order valence-corrected chi connectivity index (χ4v) is 3.75. The highest BCUT2D eigenvalue weighted by Gasteiger charge is 2.12. The molecule has 0 aliphatic heterocycles. The molecule has 4 heteroatoms. The second-order valence-corrected chi connectivity index (χ2v) is 6.09. The Morgan fingerprint density at radius 1 is 1.10 bits per heavy atom. The molecule has 0 aliphatic carbocycles. The van der Waals surface area contributed by atoms with Crippen LogP contribution in [0.2, 0.25) is 0 Å². The molecule has 0 radical (unpaired) electrons. The summed E-state index contributed by atoms with van der Waals surface area (Å²) in [6.45, 7) is 0.734. The Morgan fingerprint density at radius 3 is 2.95 bits per heavy atom. The molecule has 21 heavy (non-hydrogen) atoms. The molecule has 2 heterocycles. The van der Waals surface area contributed by atoms with Crippen molar-refractivity contribution in [3.05, 3.63) is 65.8 Å². The van der Waals surface area contributed by atoms with Crippen LogP contribution in [0, 0.1) is 0 Å². The minimum Gasteiger partial charge on any atom is -0.329 e. The summed E-state index contributed by atoms with van der Waals surface area (Å²) < 4.78 is 3.42. The number of nitrogens with zero attached hydrogens (tertiary/aromatic N) is 2. The lowest BCUT2D eigenvalue weighted by Crippen LogP contribution is -2.17. The van der Waals surface area contributed by atoms with Gasteiger partial charge in [-0.15, -0.1) is 11.3 Å². The van der Waals surface area contributed by atoms with Gasteiger partial charge in [0.15, 0.2) is 0 Å². The summed E-state index contributed by atoms with van der Waals surface area (Å²) in [7, 11) is 0. The molecule has 1 unspecified atom stereocenters. The van der Waals surface area contributed by atoms with Gasteiger partial charge in [0.1, 0.15) is 0 Å². The highest BCUT2D eigenvalue weighted by molar-refractivity contribution is 7.17. The summed E-state index contributed by atoms with van der Waals surface area (Å²) in [4.78, 5) is 4.43. The van der Waals surface area contributed by atoms with Crippen LogP contribution in [0.4, 0.5) is 0 Å². The van der Waals surface area contributed by atoms with Crippen molar-refractivity contribution in [1.29, 1.82) is 0 Å². The number of rotatable bonds is 3. The number of benzene rings is 2. The quantitative estimate of drug-likeness (QED) is 0.621. The number of para-hydroxylation sites is 2. The number of nitrogens with two attached hydrogens (primary N) is 1. The molecule has 0 bridgehead atoms. The summed E-state index contributed by atoms with van der Waals surface area (Å²) >= 11 is 1.75. The standard InChI is InChI=1S/C17H15N3S/c18-14(13-5-3-4-12-8-9-21-17(12)13)10-20-11-19-15-6-1-2-7-16(15)20/h1-9,11,14H,10,18H2. The average Bonchev–Trinajstić information content (AvgIpc) is 3.14. The number of aromatic nitrogens is 2. The Labute approximate surface area is 126 Å². The Morgan fingerprint density at radius 2 is 2.00 bits per heavy atom. The summed E-state index contributed by atoms with van der Waals surface area (Å²) in [6, 6.07) is 16.6. The van der Waals surface area contributed by atoms with Crippen LogP contribution in [-0.2, 0) is 6.54 Å². The van der Waals surface area contributed by atoms with Crippen LogP contribution in [0.1, 0.15) is 11.6 Å². The first-order valence-corrected chi connectivity index (χ1v) is 7.82. The predicted molar refractivity (Wildman–Crippen MR) is 88.5 cm³/mol. The maximum absolute atomic E-state index is 6.46. The monoisotopic (exact) mass is 293 g/mol. The van der Waals surface area contributed by atoms with Crippen LogP contribution < -0.4 is 5.73 Å². The molecule has 0 saturated heterocycles. The van der Waals surface area contributed by atoms with E-state index in [0.29, 0.717) is 0 Å². The van der Waals surface area contributed by atoms with Gasteiger partial charge >= 0.3 is 0 Å². The highest BCUT2D eigenvalue weighted by atomic mass is 32.1. The van der Waals surface area contributed by atoms with Crippen molar-refractivity contribution in [2.45, 2.75) is 12.6 Å². The largest absolute Gasteiger partial charge is 0.329 e. The molecule has 4 aromatic rings. The zero-order valence-electron chi connectivity index (χ0n) is 11.4. The van der Waals surface area contributed by atoms with E-state index >= 15 is 0 Å². The van der Waals surface area contributed by atoms with E-state index in [1.807, 2.05) is 24.5 Å². The van der Waals surface area contributed by atoms with Crippen molar-refractivity contribution >= 4 is 32.5 Å². The van der Waals surface area contributed by atoms with Gasteiger partial charge in [-0.25, -0.2) is 4.98 Å². The Bertz CT molecular complexity index is 906. The normalized spacial score (nSPS) is 13.0. The molecule has 2 aromatic carbocycles. The van der Waals surface area contributed by atoms with Crippen LogP contribution in [0.25, 0.3) is 21.1 Å².